The number of hydrogen-bond acceptors (Lipinski definition) is 4. The quantitative estimate of drug-likeness (QED) is 0.867. The van der Waals surface area contributed by atoms with Crippen LogP contribution in [0.1, 0.15) is 31.2 Å². The number of hydrogen-bond donors (Lipinski definition) is 2. The summed E-state index contributed by atoms with van der Waals surface area (Å²) in [6, 6.07) is 3.90. The van der Waals surface area contributed by atoms with Gasteiger partial charge in [0.2, 0.25) is 10.0 Å². The molecule has 0 bridgehead atoms. The molecule has 1 saturated carbocycles. The molecule has 0 heterocycles. The van der Waals surface area contributed by atoms with Crippen molar-refractivity contribution in [1.82, 2.24) is 4.72 Å². The first-order valence-electron chi connectivity index (χ1n) is 7.00. The van der Waals surface area contributed by atoms with Gasteiger partial charge in [0.05, 0.1) is 0 Å². The number of rotatable bonds is 5. The molecule has 1 aromatic rings. The highest BCUT2D eigenvalue weighted by atomic mass is 32.2. The van der Waals surface area contributed by atoms with Crippen molar-refractivity contribution < 1.29 is 12.8 Å². The highest BCUT2D eigenvalue weighted by Gasteiger charge is 2.27. The molecule has 0 aliphatic heterocycles. The topological polar surface area (TPSA) is 72.2 Å². The fraction of sp³-hybridized carbons (Fsp3) is 0.571. The zero-order chi connectivity index (χ0) is 15.5. The second kappa shape index (κ2) is 7.09. The Morgan fingerprint density at radius 1 is 1.43 bits per heavy atom. The third-order valence-electron chi connectivity index (χ3n) is 3.80. The Balaban J connectivity index is 2.14. The zero-order valence-corrected chi connectivity index (χ0v) is 13.6. The largest absolute Gasteiger partial charge is 0.326 e. The Kier molecular flexibility index (Phi) is 5.65. The van der Waals surface area contributed by atoms with Crippen molar-refractivity contribution in [1.29, 1.82) is 0 Å². The minimum atomic E-state index is -3.82. The van der Waals surface area contributed by atoms with E-state index in [4.69, 9.17) is 5.73 Å². The van der Waals surface area contributed by atoms with Crippen LogP contribution in [0.4, 0.5) is 4.39 Å². The highest BCUT2D eigenvalue weighted by Crippen LogP contribution is 2.28. The van der Waals surface area contributed by atoms with E-state index in [-0.39, 0.29) is 17.5 Å². The van der Waals surface area contributed by atoms with Crippen molar-refractivity contribution in [2.75, 3.05) is 6.26 Å². The van der Waals surface area contributed by atoms with Gasteiger partial charge >= 0.3 is 0 Å². The van der Waals surface area contributed by atoms with E-state index in [0.29, 0.717) is 10.8 Å². The van der Waals surface area contributed by atoms with E-state index in [2.05, 4.69) is 4.72 Å². The third kappa shape index (κ3) is 4.18. The van der Waals surface area contributed by atoms with Crippen molar-refractivity contribution in [2.24, 2.45) is 5.73 Å². The summed E-state index contributed by atoms with van der Waals surface area (Å²) < 4.78 is 41.2. The van der Waals surface area contributed by atoms with Crippen LogP contribution < -0.4 is 10.5 Å². The molecular formula is C14H21FN2O2S2. The molecule has 118 valence electrons. The summed E-state index contributed by atoms with van der Waals surface area (Å²) in [6.07, 6.45) is 5.74. The van der Waals surface area contributed by atoms with Crippen molar-refractivity contribution in [2.45, 2.75) is 48.4 Å². The van der Waals surface area contributed by atoms with E-state index < -0.39 is 15.8 Å². The molecule has 0 saturated heterocycles. The number of thioether (sulfide) groups is 1. The average molecular weight is 332 g/mol. The van der Waals surface area contributed by atoms with Crippen LogP contribution in [0.15, 0.2) is 23.1 Å². The molecule has 0 amide bonds. The molecule has 2 rings (SSSR count). The Morgan fingerprint density at radius 2 is 2.19 bits per heavy atom. The van der Waals surface area contributed by atoms with Gasteiger partial charge in [0.1, 0.15) is 10.7 Å². The van der Waals surface area contributed by atoms with Crippen LogP contribution >= 0.6 is 11.8 Å². The van der Waals surface area contributed by atoms with Crippen LogP contribution in [-0.2, 0) is 16.6 Å². The molecule has 21 heavy (non-hydrogen) atoms. The van der Waals surface area contributed by atoms with Gasteiger partial charge < -0.3 is 5.73 Å². The maximum atomic E-state index is 14.0. The van der Waals surface area contributed by atoms with Gasteiger partial charge in [-0.3, -0.25) is 0 Å². The number of nitrogens with two attached hydrogens (primary N) is 1. The molecule has 0 aromatic heterocycles. The van der Waals surface area contributed by atoms with Crippen LogP contribution in [0.5, 0.6) is 0 Å². The van der Waals surface area contributed by atoms with Crippen LogP contribution in [0, 0.1) is 5.82 Å². The molecule has 1 aromatic carbocycles. The molecule has 1 fully saturated rings. The molecule has 0 spiro atoms. The minimum absolute atomic E-state index is 0.116. The predicted molar refractivity (Wildman–Crippen MR) is 84.2 cm³/mol. The number of nitrogens with one attached hydrogen (secondary N) is 1. The lowest BCUT2D eigenvalue weighted by Crippen LogP contribution is -2.39. The van der Waals surface area contributed by atoms with E-state index in [1.165, 1.54) is 12.1 Å². The molecule has 2 atom stereocenters. The van der Waals surface area contributed by atoms with Gasteiger partial charge in [0.25, 0.3) is 0 Å². The van der Waals surface area contributed by atoms with Gasteiger partial charge in [-0.25, -0.2) is 17.5 Å². The molecular weight excluding hydrogens is 311 g/mol. The lowest BCUT2D eigenvalue weighted by molar-refractivity contribution is 0.419. The summed E-state index contributed by atoms with van der Waals surface area (Å²) in [6.45, 7) is 0.183. The van der Waals surface area contributed by atoms with E-state index in [9.17, 15) is 12.8 Å². The standard InChI is InChI=1S/C14H21FN2O2S2/c1-20-12-4-2-3-11(8-12)17-21(18,19)14-6-5-10(9-16)7-13(14)15/h5-7,11-12,17H,2-4,8-9,16H2,1H3. The van der Waals surface area contributed by atoms with Gasteiger partial charge in [-0.15, -0.1) is 0 Å². The molecule has 2 unspecified atom stereocenters. The molecule has 3 N–H and O–H groups in total. The molecule has 7 heteroatoms. The first-order valence-corrected chi connectivity index (χ1v) is 9.77. The summed E-state index contributed by atoms with van der Waals surface area (Å²) in [7, 11) is -3.82. The maximum Gasteiger partial charge on any atom is 0.243 e. The van der Waals surface area contributed by atoms with Crippen LogP contribution in [0.3, 0.4) is 0 Å². The van der Waals surface area contributed by atoms with Gasteiger partial charge in [-0.05, 0) is 43.2 Å². The van der Waals surface area contributed by atoms with Gasteiger partial charge in [-0.1, -0.05) is 12.5 Å². The first-order chi connectivity index (χ1) is 9.96. The average Bonchev–Trinajstić information content (AvgIpc) is 2.46. The molecule has 4 nitrogen and oxygen atoms in total. The number of benzene rings is 1. The van der Waals surface area contributed by atoms with E-state index in [1.54, 1.807) is 17.8 Å². The predicted octanol–water partition coefficient (Wildman–Crippen LogP) is 2.24. The van der Waals surface area contributed by atoms with E-state index in [0.717, 1.165) is 25.7 Å². The van der Waals surface area contributed by atoms with Gasteiger partial charge in [-0.2, -0.15) is 11.8 Å². The fourth-order valence-corrected chi connectivity index (χ4v) is 4.81. The fourth-order valence-electron chi connectivity index (χ4n) is 2.64. The summed E-state index contributed by atoms with van der Waals surface area (Å²) >= 11 is 1.76. The first kappa shape index (κ1) is 16.7. The van der Waals surface area contributed by atoms with E-state index >= 15 is 0 Å². The Hall–Kier alpha value is -0.630. The summed E-state index contributed by atoms with van der Waals surface area (Å²) in [5.41, 5.74) is 6.00. The van der Waals surface area contributed by atoms with E-state index in [1.807, 2.05) is 6.26 Å². The van der Waals surface area contributed by atoms with Crippen molar-refractivity contribution in [3.63, 3.8) is 0 Å². The lowest BCUT2D eigenvalue weighted by Gasteiger charge is -2.28. The number of halogens is 1. The third-order valence-corrected chi connectivity index (χ3v) is 6.45. The Bertz CT molecular complexity index is 593. The molecule has 1 aliphatic carbocycles. The molecule has 0 radical (unpaired) electrons. The Labute approximate surface area is 129 Å². The maximum absolute atomic E-state index is 14.0. The zero-order valence-electron chi connectivity index (χ0n) is 12.0. The highest BCUT2D eigenvalue weighted by molar-refractivity contribution is 7.99. The van der Waals surface area contributed by atoms with Crippen molar-refractivity contribution in [3.8, 4) is 0 Å². The Morgan fingerprint density at radius 3 is 2.81 bits per heavy atom. The monoisotopic (exact) mass is 332 g/mol. The van der Waals surface area contributed by atoms with Crippen molar-refractivity contribution in [3.05, 3.63) is 29.6 Å². The van der Waals surface area contributed by atoms with Crippen LogP contribution in [0.25, 0.3) is 0 Å². The number of sulfonamides is 1. The minimum Gasteiger partial charge on any atom is -0.326 e. The van der Waals surface area contributed by atoms with Gasteiger partial charge in [0.15, 0.2) is 0 Å². The SMILES string of the molecule is CSC1CCCC(NS(=O)(=O)c2ccc(CN)cc2F)C1. The normalized spacial score (nSPS) is 23.2. The summed E-state index contributed by atoms with van der Waals surface area (Å²) in [5, 5.41) is 0.468. The van der Waals surface area contributed by atoms with Crippen LogP contribution in [-0.4, -0.2) is 26.0 Å². The van der Waals surface area contributed by atoms with Crippen LogP contribution in [0.2, 0.25) is 0 Å². The lowest BCUT2D eigenvalue weighted by atomic mass is 9.96. The van der Waals surface area contributed by atoms with Crippen molar-refractivity contribution >= 4 is 21.8 Å². The smallest absolute Gasteiger partial charge is 0.243 e. The summed E-state index contributed by atoms with van der Waals surface area (Å²) in [4.78, 5) is -0.300. The second-order valence-electron chi connectivity index (χ2n) is 5.31. The summed E-state index contributed by atoms with van der Waals surface area (Å²) in [5.74, 6) is -0.748. The second-order valence-corrected chi connectivity index (χ2v) is 8.13. The van der Waals surface area contributed by atoms with Gasteiger partial charge in [0, 0.05) is 17.8 Å². The molecule has 1 aliphatic rings.